The van der Waals surface area contributed by atoms with Gasteiger partial charge in [-0.1, -0.05) is 120 Å². The van der Waals surface area contributed by atoms with Crippen LogP contribution in [0.4, 0.5) is 0 Å². The summed E-state index contributed by atoms with van der Waals surface area (Å²) in [5.41, 5.74) is 1.31. The molecule has 0 fully saturated rings. The second-order valence-corrected chi connectivity index (χ2v) is 7.89. The second-order valence-electron chi connectivity index (χ2n) is 7.89. The SMILES string of the molecule is CCCCCCC(O)(CCCCCC)C(=O)c1ccccc1-c1ccccc1. The fourth-order valence-electron chi connectivity index (χ4n) is 3.84. The highest BCUT2D eigenvalue weighted by molar-refractivity contribution is 6.07. The third-order valence-corrected chi connectivity index (χ3v) is 5.57. The van der Waals surface area contributed by atoms with Gasteiger partial charge in [-0.2, -0.15) is 0 Å². The molecule has 0 spiro atoms. The van der Waals surface area contributed by atoms with Gasteiger partial charge in [0.1, 0.15) is 5.60 Å². The second kappa shape index (κ2) is 11.8. The lowest BCUT2D eigenvalue weighted by molar-refractivity contribution is 0.0198. The average Bonchev–Trinajstić information content (AvgIpc) is 2.74. The highest BCUT2D eigenvalue weighted by Gasteiger charge is 2.36. The van der Waals surface area contributed by atoms with Crippen LogP contribution in [0.25, 0.3) is 11.1 Å². The molecule has 0 heterocycles. The Morgan fingerprint density at radius 2 is 1.29 bits per heavy atom. The number of hydrogen-bond acceptors (Lipinski definition) is 2. The summed E-state index contributed by atoms with van der Waals surface area (Å²) in [5.74, 6) is -0.111. The van der Waals surface area contributed by atoms with Gasteiger partial charge < -0.3 is 5.11 Å². The Morgan fingerprint density at radius 1 is 0.750 bits per heavy atom. The lowest BCUT2D eigenvalue weighted by atomic mass is 9.81. The molecule has 0 aliphatic heterocycles. The lowest BCUT2D eigenvalue weighted by Crippen LogP contribution is -2.39. The Morgan fingerprint density at radius 3 is 1.86 bits per heavy atom. The van der Waals surface area contributed by atoms with Gasteiger partial charge in [0, 0.05) is 5.56 Å². The summed E-state index contributed by atoms with van der Waals surface area (Å²) in [6, 6.07) is 17.7. The van der Waals surface area contributed by atoms with Gasteiger partial charge in [-0.25, -0.2) is 0 Å². The quantitative estimate of drug-likeness (QED) is 0.294. The molecule has 0 atom stereocenters. The van der Waals surface area contributed by atoms with E-state index in [4.69, 9.17) is 0 Å². The molecule has 0 unspecified atom stereocenters. The molecule has 0 amide bonds. The molecule has 0 aromatic heterocycles. The third kappa shape index (κ3) is 6.31. The maximum Gasteiger partial charge on any atom is 0.194 e. The molecule has 0 saturated heterocycles. The van der Waals surface area contributed by atoms with Crippen molar-refractivity contribution in [3.05, 3.63) is 60.2 Å². The topological polar surface area (TPSA) is 37.3 Å². The van der Waals surface area contributed by atoms with E-state index in [-0.39, 0.29) is 5.78 Å². The van der Waals surface area contributed by atoms with Crippen LogP contribution in [0.2, 0.25) is 0 Å². The van der Waals surface area contributed by atoms with Gasteiger partial charge in [-0.3, -0.25) is 4.79 Å². The number of ketones is 1. The minimum atomic E-state index is -1.26. The molecule has 2 aromatic carbocycles. The first-order valence-corrected chi connectivity index (χ1v) is 11.0. The molecule has 152 valence electrons. The van der Waals surface area contributed by atoms with Crippen LogP contribution in [0.1, 0.15) is 88.4 Å². The van der Waals surface area contributed by atoms with Crippen LogP contribution in [0.15, 0.2) is 54.6 Å². The van der Waals surface area contributed by atoms with E-state index in [1.54, 1.807) is 0 Å². The number of rotatable bonds is 13. The van der Waals surface area contributed by atoms with E-state index in [0.29, 0.717) is 18.4 Å². The molecule has 0 aliphatic carbocycles. The minimum absolute atomic E-state index is 0.111. The minimum Gasteiger partial charge on any atom is -0.382 e. The van der Waals surface area contributed by atoms with Gasteiger partial charge in [0.2, 0.25) is 0 Å². The van der Waals surface area contributed by atoms with Crippen molar-refractivity contribution in [3.63, 3.8) is 0 Å². The van der Waals surface area contributed by atoms with E-state index in [9.17, 15) is 9.90 Å². The van der Waals surface area contributed by atoms with Crippen LogP contribution < -0.4 is 0 Å². The highest BCUT2D eigenvalue weighted by Crippen LogP contribution is 2.32. The Bertz CT molecular complexity index is 693. The zero-order valence-corrected chi connectivity index (χ0v) is 17.6. The Labute approximate surface area is 171 Å². The van der Waals surface area contributed by atoms with E-state index < -0.39 is 5.60 Å². The van der Waals surface area contributed by atoms with Gasteiger partial charge >= 0.3 is 0 Å². The van der Waals surface area contributed by atoms with E-state index in [0.717, 1.165) is 62.5 Å². The summed E-state index contributed by atoms with van der Waals surface area (Å²) in [6.07, 6.45) is 9.67. The summed E-state index contributed by atoms with van der Waals surface area (Å²) >= 11 is 0. The van der Waals surface area contributed by atoms with Crippen LogP contribution in [0.3, 0.4) is 0 Å². The number of carbonyl (C=O) groups excluding carboxylic acids is 1. The smallest absolute Gasteiger partial charge is 0.194 e. The Hall–Kier alpha value is -1.93. The molecule has 0 aliphatic rings. The number of carbonyl (C=O) groups is 1. The van der Waals surface area contributed by atoms with Crippen molar-refractivity contribution >= 4 is 5.78 Å². The third-order valence-electron chi connectivity index (χ3n) is 5.57. The maximum atomic E-state index is 13.5. The van der Waals surface area contributed by atoms with Crippen LogP contribution >= 0.6 is 0 Å². The maximum absolute atomic E-state index is 13.5. The molecule has 0 bridgehead atoms. The van der Waals surface area contributed by atoms with Crippen molar-refractivity contribution < 1.29 is 9.90 Å². The van der Waals surface area contributed by atoms with Crippen molar-refractivity contribution in [1.29, 1.82) is 0 Å². The van der Waals surface area contributed by atoms with Gasteiger partial charge in [0.25, 0.3) is 0 Å². The largest absolute Gasteiger partial charge is 0.382 e. The van der Waals surface area contributed by atoms with Crippen LogP contribution in [0.5, 0.6) is 0 Å². The average molecular weight is 381 g/mol. The normalized spacial score (nSPS) is 11.5. The molecule has 2 nitrogen and oxygen atoms in total. The first-order valence-electron chi connectivity index (χ1n) is 11.0. The number of benzene rings is 2. The number of Topliss-reactive ketones (excluding diaryl/α,β-unsaturated/α-hetero) is 1. The lowest BCUT2D eigenvalue weighted by Gasteiger charge is -2.28. The summed E-state index contributed by atoms with van der Waals surface area (Å²) in [7, 11) is 0. The summed E-state index contributed by atoms with van der Waals surface area (Å²) < 4.78 is 0. The number of hydrogen-bond donors (Lipinski definition) is 1. The monoisotopic (exact) mass is 380 g/mol. The molecule has 28 heavy (non-hydrogen) atoms. The van der Waals surface area contributed by atoms with E-state index >= 15 is 0 Å². The highest BCUT2D eigenvalue weighted by atomic mass is 16.3. The molecule has 0 radical (unpaired) electrons. The predicted octanol–water partition coefficient (Wildman–Crippen LogP) is 7.21. The van der Waals surface area contributed by atoms with Crippen molar-refractivity contribution in [2.45, 2.75) is 83.7 Å². The molecule has 2 rings (SSSR count). The van der Waals surface area contributed by atoms with Crippen molar-refractivity contribution in [1.82, 2.24) is 0 Å². The summed E-state index contributed by atoms with van der Waals surface area (Å²) in [4.78, 5) is 13.5. The number of unbranched alkanes of at least 4 members (excludes halogenated alkanes) is 6. The van der Waals surface area contributed by atoms with Gasteiger partial charge in [-0.15, -0.1) is 0 Å². The van der Waals surface area contributed by atoms with Crippen molar-refractivity contribution in [3.8, 4) is 11.1 Å². The van der Waals surface area contributed by atoms with Crippen molar-refractivity contribution in [2.75, 3.05) is 0 Å². The van der Waals surface area contributed by atoms with Crippen LogP contribution in [0, 0.1) is 0 Å². The zero-order chi connectivity index (χ0) is 20.2. The van der Waals surface area contributed by atoms with Gasteiger partial charge in [0.05, 0.1) is 0 Å². The van der Waals surface area contributed by atoms with E-state index in [1.165, 1.54) is 0 Å². The van der Waals surface area contributed by atoms with Crippen molar-refractivity contribution in [2.24, 2.45) is 0 Å². The fraction of sp³-hybridized carbons (Fsp3) is 0.500. The van der Waals surface area contributed by atoms with Gasteiger partial charge in [0.15, 0.2) is 5.78 Å². The molecular formula is C26H36O2. The van der Waals surface area contributed by atoms with Gasteiger partial charge in [-0.05, 0) is 24.0 Å². The fourth-order valence-corrected chi connectivity index (χ4v) is 3.84. The molecule has 2 aromatic rings. The molecule has 0 saturated carbocycles. The summed E-state index contributed by atoms with van der Waals surface area (Å²) in [6.45, 7) is 4.36. The first kappa shape index (κ1) is 22.4. The van der Waals surface area contributed by atoms with Crippen LogP contribution in [-0.2, 0) is 0 Å². The molecule has 1 N–H and O–H groups in total. The standard InChI is InChI=1S/C26H36O2/c1-3-5-7-14-20-26(28,21-15-8-6-4-2)25(27)24-19-13-12-18-23(24)22-16-10-9-11-17-22/h9-13,16-19,28H,3-8,14-15,20-21H2,1-2H3. The Balaban J connectivity index is 2.25. The predicted molar refractivity (Wildman–Crippen MR) is 119 cm³/mol. The summed E-state index contributed by atoms with van der Waals surface area (Å²) in [5, 5.41) is 11.5. The Kier molecular flexibility index (Phi) is 9.43. The van der Waals surface area contributed by atoms with E-state index in [2.05, 4.69) is 13.8 Å². The van der Waals surface area contributed by atoms with E-state index in [1.807, 2.05) is 54.6 Å². The number of aliphatic hydroxyl groups is 1. The molecular weight excluding hydrogens is 344 g/mol. The van der Waals surface area contributed by atoms with Crippen LogP contribution in [-0.4, -0.2) is 16.5 Å². The molecule has 2 heteroatoms. The zero-order valence-electron chi connectivity index (χ0n) is 17.6. The first-order chi connectivity index (χ1) is 13.6.